The molecule has 144 valence electrons. The van der Waals surface area contributed by atoms with Crippen molar-refractivity contribution in [3.05, 3.63) is 16.1 Å². The summed E-state index contributed by atoms with van der Waals surface area (Å²) in [6.45, 7) is 13.8. The average molecular weight is 479 g/mol. The minimum Gasteiger partial charge on any atom is -0.357 e. The predicted molar refractivity (Wildman–Crippen MR) is 119 cm³/mol. The zero-order valence-corrected chi connectivity index (χ0v) is 19.2. The molecular weight excluding hydrogens is 445 g/mol. The maximum Gasteiger partial charge on any atom is 0.191 e. The number of likely N-dealkylation sites (tertiary alicyclic amines) is 1. The zero-order chi connectivity index (χ0) is 17.4. The van der Waals surface area contributed by atoms with Crippen molar-refractivity contribution in [1.29, 1.82) is 0 Å². The third-order valence-corrected chi connectivity index (χ3v) is 5.30. The molecule has 0 aromatic carbocycles. The molecule has 1 fully saturated rings. The first kappa shape index (κ1) is 22.6. The topological polar surface area (TPSA) is 52.6 Å². The van der Waals surface area contributed by atoms with Crippen LogP contribution in [0.25, 0.3) is 0 Å². The molecule has 1 unspecified atom stereocenters. The fourth-order valence-corrected chi connectivity index (χ4v) is 3.76. The van der Waals surface area contributed by atoms with Crippen molar-refractivity contribution in [3.63, 3.8) is 0 Å². The van der Waals surface area contributed by atoms with Crippen molar-refractivity contribution in [2.24, 2.45) is 10.9 Å². The number of nitrogens with one attached hydrogen (secondary N) is 2. The first-order valence-corrected chi connectivity index (χ1v) is 10.1. The highest BCUT2D eigenvalue weighted by Crippen LogP contribution is 2.18. The van der Waals surface area contributed by atoms with Crippen LogP contribution in [0.3, 0.4) is 0 Å². The monoisotopic (exact) mass is 479 g/mol. The van der Waals surface area contributed by atoms with Crippen LogP contribution in [-0.2, 0) is 6.42 Å². The van der Waals surface area contributed by atoms with Gasteiger partial charge in [-0.3, -0.25) is 4.99 Å². The Bertz CT molecular complexity index is 517. The van der Waals surface area contributed by atoms with Gasteiger partial charge in [0.2, 0.25) is 0 Å². The number of aryl methyl sites for hydroxylation is 1. The normalized spacial score (nSPS) is 18.9. The molecule has 0 spiro atoms. The molecule has 2 heterocycles. The summed E-state index contributed by atoms with van der Waals surface area (Å²) in [5, 5.41) is 10.1. The van der Waals surface area contributed by atoms with Crippen molar-refractivity contribution in [3.8, 4) is 0 Å². The summed E-state index contributed by atoms with van der Waals surface area (Å²) in [5.41, 5.74) is 1.17. The standard InChI is InChI=1S/C18H33N5S.HI/c1-5-19-18(20-9-8-17-13-24-15(4)22-17)21-11-16-7-6-10-23(12-16)14(2)3;/h13-14,16H,5-12H2,1-4H3,(H2,19,20,21);1H. The minimum absolute atomic E-state index is 0. The molecule has 1 atom stereocenters. The lowest BCUT2D eigenvalue weighted by molar-refractivity contribution is 0.143. The zero-order valence-electron chi connectivity index (χ0n) is 16.0. The van der Waals surface area contributed by atoms with E-state index in [0.717, 1.165) is 37.0 Å². The van der Waals surface area contributed by atoms with Crippen molar-refractivity contribution < 1.29 is 0 Å². The average Bonchev–Trinajstić information content (AvgIpc) is 2.98. The Morgan fingerprint density at radius 2 is 2.24 bits per heavy atom. The number of thiazole rings is 1. The molecule has 0 aliphatic carbocycles. The maximum atomic E-state index is 4.82. The van der Waals surface area contributed by atoms with Gasteiger partial charge in [-0.05, 0) is 53.0 Å². The van der Waals surface area contributed by atoms with Gasteiger partial charge in [0.05, 0.1) is 10.7 Å². The molecule has 1 aliphatic rings. The number of hydrogen-bond acceptors (Lipinski definition) is 4. The largest absolute Gasteiger partial charge is 0.357 e. The molecule has 25 heavy (non-hydrogen) atoms. The fourth-order valence-electron chi connectivity index (χ4n) is 3.11. The quantitative estimate of drug-likeness (QED) is 0.358. The van der Waals surface area contributed by atoms with Crippen LogP contribution < -0.4 is 10.6 Å². The number of guanidine groups is 1. The van der Waals surface area contributed by atoms with Gasteiger partial charge in [-0.15, -0.1) is 35.3 Å². The number of nitrogens with zero attached hydrogens (tertiary/aromatic N) is 3. The molecule has 1 aromatic rings. The highest BCUT2D eigenvalue weighted by molar-refractivity contribution is 14.0. The summed E-state index contributed by atoms with van der Waals surface area (Å²) in [7, 11) is 0. The summed E-state index contributed by atoms with van der Waals surface area (Å²) in [4.78, 5) is 11.9. The fraction of sp³-hybridized carbons (Fsp3) is 0.778. The van der Waals surface area contributed by atoms with Gasteiger partial charge in [-0.2, -0.15) is 0 Å². The lowest BCUT2D eigenvalue weighted by Crippen LogP contribution is -2.42. The first-order valence-electron chi connectivity index (χ1n) is 9.25. The van der Waals surface area contributed by atoms with Gasteiger partial charge < -0.3 is 15.5 Å². The van der Waals surface area contributed by atoms with Gasteiger partial charge in [-0.25, -0.2) is 4.98 Å². The summed E-state index contributed by atoms with van der Waals surface area (Å²) < 4.78 is 0. The van der Waals surface area contributed by atoms with Crippen LogP contribution in [-0.4, -0.2) is 54.6 Å². The summed E-state index contributed by atoms with van der Waals surface area (Å²) >= 11 is 1.72. The number of halogens is 1. The molecule has 1 saturated heterocycles. The van der Waals surface area contributed by atoms with Gasteiger partial charge in [0, 0.05) is 44.0 Å². The molecular formula is C18H34IN5S. The molecule has 0 saturated carbocycles. The van der Waals surface area contributed by atoms with Crippen LogP contribution in [0.1, 0.15) is 44.3 Å². The second-order valence-corrected chi connectivity index (χ2v) is 7.91. The number of aromatic nitrogens is 1. The molecule has 2 N–H and O–H groups in total. The van der Waals surface area contributed by atoms with E-state index in [9.17, 15) is 0 Å². The van der Waals surface area contributed by atoms with Crippen molar-refractivity contribution in [1.82, 2.24) is 20.5 Å². The number of aliphatic imine (C=N–C) groups is 1. The smallest absolute Gasteiger partial charge is 0.191 e. The molecule has 0 radical (unpaired) electrons. The molecule has 1 aromatic heterocycles. The maximum absolute atomic E-state index is 4.82. The van der Waals surface area contributed by atoms with Crippen LogP contribution >= 0.6 is 35.3 Å². The van der Waals surface area contributed by atoms with Crippen LogP contribution in [0.5, 0.6) is 0 Å². The lowest BCUT2D eigenvalue weighted by Gasteiger charge is -2.34. The molecule has 2 rings (SSSR count). The second-order valence-electron chi connectivity index (χ2n) is 6.85. The molecule has 0 bridgehead atoms. The number of hydrogen-bond donors (Lipinski definition) is 2. The van der Waals surface area contributed by atoms with E-state index in [1.165, 1.54) is 31.6 Å². The molecule has 0 amide bonds. The Morgan fingerprint density at radius 1 is 1.44 bits per heavy atom. The highest BCUT2D eigenvalue weighted by Gasteiger charge is 2.21. The minimum atomic E-state index is 0. The van der Waals surface area contributed by atoms with Gasteiger partial charge in [0.1, 0.15) is 0 Å². The third-order valence-electron chi connectivity index (χ3n) is 4.47. The van der Waals surface area contributed by atoms with Crippen LogP contribution in [0.15, 0.2) is 10.4 Å². The predicted octanol–water partition coefficient (Wildman–Crippen LogP) is 3.29. The van der Waals surface area contributed by atoms with E-state index in [-0.39, 0.29) is 24.0 Å². The van der Waals surface area contributed by atoms with Crippen LogP contribution in [0.4, 0.5) is 0 Å². The Morgan fingerprint density at radius 3 is 2.88 bits per heavy atom. The van der Waals surface area contributed by atoms with Gasteiger partial charge in [0.25, 0.3) is 0 Å². The van der Waals surface area contributed by atoms with Crippen molar-refractivity contribution >= 4 is 41.3 Å². The highest BCUT2D eigenvalue weighted by atomic mass is 127. The number of rotatable bonds is 7. The molecule has 7 heteroatoms. The van der Waals surface area contributed by atoms with E-state index in [2.05, 4.69) is 53.6 Å². The Hall–Kier alpha value is -0.410. The van der Waals surface area contributed by atoms with Gasteiger partial charge in [0.15, 0.2) is 5.96 Å². The Balaban J connectivity index is 0.00000312. The summed E-state index contributed by atoms with van der Waals surface area (Å²) in [6, 6.07) is 0.643. The van der Waals surface area contributed by atoms with Crippen molar-refractivity contribution in [2.75, 3.05) is 32.7 Å². The molecule has 5 nitrogen and oxygen atoms in total. The Labute approximate surface area is 174 Å². The van der Waals surface area contributed by atoms with Gasteiger partial charge >= 0.3 is 0 Å². The van der Waals surface area contributed by atoms with Crippen LogP contribution in [0, 0.1) is 12.8 Å². The van der Waals surface area contributed by atoms with Crippen LogP contribution in [0.2, 0.25) is 0 Å². The van der Waals surface area contributed by atoms with E-state index in [4.69, 9.17) is 4.99 Å². The summed E-state index contributed by atoms with van der Waals surface area (Å²) in [6.07, 6.45) is 3.54. The van der Waals surface area contributed by atoms with E-state index < -0.39 is 0 Å². The number of piperidine rings is 1. The van der Waals surface area contributed by atoms with E-state index in [1.54, 1.807) is 11.3 Å². The lowest BCUT2D eigenvalue weighted by atomic mass is 9.97. The molecule has 1 aliphatic heterocycles. The van der Waals surface area contributed by atoms with E-state index in [0.29, 0.717) is 12.0 Å². The SMILES string of the molecule is CCNC(=NCC1CCCN(C(C)C)C1)NCCc1csc(C)n1.I. The summed E-state index contributed by atoms with van der Waals surface area (Å²) in [5.74, 6) is 1.61. The van der Waals surface area contributed by atoms with Gasteiger partial charge in [-0.1, -0.05) is 0 Å². The Kier molecular flexibility index (Phi) is 10.9. The van der Waals surface area contributed by atoms with E-state index >= 15 is 0 Å². The second kappa shape index (κ2) is 12.1. The van der Waals surface area contributed by atoms with Crippen molar-refractivity contribution in [2.45, 2.75) is 53.0 Å². The third kappa shape index (κ3) is 8.21. The van der Waals surface area contributed by atoms with E-state index in [1.807, 2.05) is 0 Å². The first-order chi connectivity index (χ1) is 11.6.